The van der Waals surface area contributed by atoms with Crippen molar-refractivity contribution in [3.05, 3.63) is 46.8 Å². The molecule has 3 rings (SSSR count). The number of anilines is 1. The molecule has 0 aromatic carbocycles. The quantitative estimate of drug-likeness (QED) is 0.809. The van der Waals surface area contributed by atoms with E-state index in [9.17, 15) is 4.79 Å². The smallest absolute Gasteiger partial charge is 0.275 e. The molecule has 2 aromatic rings. The van der Waals surface area contributed by atoms with Crippen LogP contribution >= 0.6 is 15.9 Å². The van der Waals surface area contributed by atoms with Gasteiger partial charge in [0.05, 0.1) is 5.69 Å². The molecular weight excluding hydrogens is 310 g/mol. The van der Waals surface area contributed by atoms with Crippen molar-refractivity contribution in [3.63, 3.8) is 0 Å². The van der Waals surface area contributed by atoms with Crippen LogP contribution in [0.1, 0.15) is 11.8 Å². The summed E-state index contributed by atoms with van der Waals surface area (Å²) >= 11 is 3.34. The minimum atomic E-state index is -0.727. The van der Waals surface area contributed by atoms with E-state index < -0.39 is 6.10 Å². The lowest BCUT2D eigenvalue weighted by Gasteiger charge is -2.30. The molecule has 0 N–H and O–H groups in total. The zero-order valence-electron chi connectivity index (χ0n) is 10.1. The van der Waals surface area contributed by atoms with Gasteiger partial charge < -0.3 is 4.74 Å². The zero-order chi connectivity index (χ0) is 13.4. The van der Waals surface area contributed by atoms with Gasteiger partial charge >= 0.3 is 0 Å². The van der Waals surface area contributed by atoms with Crippen molar-refractivity contribution < 1.29 is 9.53 Å². The number of amides is 1. The second-order valence-electron chi connectivity index (χ2n) is 4.13. The fourth-order valence-corrected chi connectivity index (χ4v) is 2.24. The molecular formula is C13H10BrN3O2. The number of carbonyl (C=O) groups excluding carboxylic acids is 1. The zero-order valence-corrected chi connectivity index (χ0v) is 11.7. The lowest BCUT2D eigenvalue weighted by molar-refractivity contribution is -0.126. The van der Waals surface area contributed by atoms with E-state index in [0.29, 0.717) is 17.3 Å². The van der Waals surface area contributed by atoms with Crippen LogP contribution in [0.3, 0.4) is 0 Å². The van der Waals surface area contributed by atoms with Gasteiger partial charge in [-0.1, -0.05) is 6.07 Å². The summed E-state index contributed by atoms with van der Waals surface area (Å²) in [6, 6.07) is 7.19. The predicted molar refractivity (Wildman–Crippen MR) is 73.0 cm³/mol. The first-order chi connectivity index (χ1) is 9.16. The van der Waals surface area contributed by atoms with Crippen LogP contribution in [0.25, 0.3) is 0 Å². The lowest BCUT2D eigenvalue weighted by Crippen LogP contribution is -2.39. The molecule has 1 aliphatic rings. The molecule has 1 aliphatic heterocycles. The average molecular weight is 320 g/mol. The van der Waals surface area contributed by atoms with Crippen molar-refractivity contribution in [2.75, 3.05) is 11.9 Å². The van der Waals surface area contributed by atoms with Crippen LogP contribution in [0, 0.1) is 0 Å². The Morgan fingerprint density at radius 3 is 2.95 bits per heavy atom. The molecule has 0 saturated carbocycles. The maximum Gasteiger partial charge on any atom is 0.275 e. The topological polar surface area (TPSA) is 55.3 Å². The number of halogens is 1. The summed E-state index contributed by atoms with van der Waals surface area (Å²) in [5.41, 5.74) is 0.588. The number of hydrogen-bond donors (Lipinski definition) is 0. The van der Waals surface area contributed by atoms with E-state index in [1.165, 1.54) is 4.90 Å². The molecule has 2 aromatic heterocycles. The number of ether oxygens (including phenoxy) is 1. The van der Waals surface area contributed by atoms with Crippen molar-refractivity contribution in [1.29, 1.82) is 0 Å². The Hall–Kier alpha value is -1.95. The van der Waals surface area contributed by atoms with Gasteiger partial charge in [0.1, 0.15) is 0 Å². The first kappa shape index (κ1) is 12.1. The predicted octanol–water partition coefficient (Wildman–Crippen LogP) is 2.34. The molecule has 6 heteroatoms. The second kappa shape index (κ2) is 4.62. The molecule has 19 heavy (non-hydrogen) atoms. The van der Waals surface area contributed by atoms with E-state index in [1.54, 1.807) is 37.6 Å². The Balaban J connectivity index is 2.05. The molecule has 96 valence electrons. The third-order valence-corrected chi connectivity index (χ3v) is 3.31. The number of pyridine rings is 2. The van der Waals surface area contributed by atoms with Crippen molar-refractivity contribution in [2.45, 2.75) is 6.10 Å². The summed E-state index contributed by atoms with van der Waals surface area (Å²) in [5, 5.41) is 0. The normalized spacial score (nSPS) is 17.9. The van der Waals surface area contributed by atoms with Gasteiger partial charge in [-0.3, -0.25) is 14.7 Å². The summed E-state index contributed by atoms with van der Waals surface area (Å²) in [5.74, 6) is 0.897. The number of nitrogens with zero attached hydrogens (tertiary/aromatic N) is 3. The van der Waals surface area contributed by atoms with Crippen LogP contribution in [0.4, 0.5) is 5.82 Å². The third-order valence-electron chi connectivity index (χ3n) is 2.87. The molecule has 3 heterocycles. The molecule has 1 atom stereocenters. The number of aromatic nitrogens is 2. The molecule has 5 nitrogen and oxygen atoms in total. The van der Waals surface area contributed by atoms with E-state index >= 15 is 0 Å². The maximum atomic E-state index is 12.3. The maximum absolute atomic E-state index is 12.3. The summed E-state index contributed by atoms with van der Waals surface area (Å²) in [6.07, 6.45) is 2.54. The first-order valence-corrected chi connectivity index (χ1v) is 6.47. The molecule has 0 bridgehead atoms. The number of hydrogen-bond acceptors (Lipinski definition) is 4. The molecule has 0 spiro atoms. The fourth-order valence-electron chi connectivity index (χ4n) is 1.93. The van der Waals surface area contributed by atoms with Crippen LogP contribution in [0.2, 0.25) is 0 Å². The standard InChI is InChI=1S/C13H10BrN3O2/c1-17-12-10(6-8(14)7-16-12)19-11(13(17)18)9-4-2-3-5-15-9/h2-7,11H,1H3. The molecule has 1 unspecified atom stereocenters. The summed E-state index contributed by atoms with van der Waals surface area (Å²) < 4.78 is 6.54. The molecule has 0 aliphatic carbocycles. The Morgan fingerprint density at radius 2 is 2.21 bits per heavy atom. The van der Waals surface area contributed by atoms with Crippen LogP contribution in [-0.2, 0) is 4.79 Å². The van der Waals surface area contributed by atoms with Gasteiger partial charge in [0.2, 0.25) is 6.10 Å². The summed E-state index contributed by atoms with van der Waals surface area (Å²) in [4.78, 5) is 22.1. The molecule has 0 radical (unpaired) electrons. The highest BCUT2D eigenvalue weighted by atomic mass is 79.9. The summed E-state index contributed by atoms with van der Waals surface area (Å²) in [7, 11) is 1.68. The highest BCUT2D eigenvalue weighted by Gasteiger charge is 2.35. The SMILES string of the molecule is CN1C(=O)C(c2ccccn2)Oc2cc(Br)cnc21. The van der Waals surface area contributed by atoms with Gasteiger partial charge in [0, 0.05) is 23.9 Å². The number of likely N-dealkylation sites (N-methyl/N-ethyl adjacent to an activating group) is 1. The number of carbonyl (C=O) groups is 1. The minimum absolute atomic E-state index is 0.180. The van der Waals surface area contributed by atoms with Gasteiger partial charge in [-0.25, -0.2) is 4.98 Å². The summed E-state index contributed by atoms with van der Waals surface area (Å²) in [6.45, 7) is 0. The van der Waals surface area contributed by atoms with E-state index in [1.807, 2.05) is 6.07 Å². The Bertz CT molecular complexity index is 633. The average Bonchev–Trinajstić information content (AvgIpc) is 2.43. The number of rotatable bonds is 1. The van der Waals surface area contributed by atoms with Gasteiger partial charge in [0.25, 0.3) is 5.91 Å². The fraction of sp³-hybridized carbons (Fsp3) is 0.154. The molecule has 0 saturated heterocycles. The first-order valence-electron chi connectivity index (χ1n) is 5.67. The largest absolute Gasteiger partial charge is 0.470 e. The van der Waals surface area contributed by atoms with Gasteiger partial charge in [-0.15, -0.1) is 0 Å². The van der Waals surface area contributed by atoms with Crippen LogP contribution in [0.5, 0.6) is 5.75 Å². The molecule has 1 amide bonds. The second-order valence-corrected chi connectivity index (χ2v) is 5.04. The minimum Gasteiger partial charge on any atom is -0.470 e. The van der Waals surface area contributed by atoms with E-state index in [0.717, 1.165) is 4.47 Å². The van der Waals surface area contributed by atoms with Crippen LogP contribution < -0.4 is 9.64 Å². The Labute approximate surface area is 118 Å². The van der Waals surface area contributed by atoms with Gasteiger partial charge in [0.15, 0.2) is 11.6 Å². The van der Waals surface area contributed by atoms with Crippen molar-refractivity contribution in [1.82, 2.24) is 9.97 Å². The van der Waals surface area contributed by atoms with Crippen molar-refractivity contribution >= 4 is 27.7 Å². The highest BCUT2D eigenvalue weighted by Crippen LogP contribution is 2.37. The monoisotopic (exact) mass is 319 g/mol. The molecule has 0 fully saturated rings. The number of fused-ring (bicyclic) bond motifs is 1. The van der Waals surface area contributed by atoms with Crippen LogP contribution in [0.15, 0.2) is 41.1 Å². The van der Waals surface area contributed by atoms with E-state index in [-0.39, 0.29) is 5.91 Å². The van der Waals surface area contributed by atoms with E-state index in [4.69, 9.17) is 4.74 Å². The van der Waals surface area contributed by atoms with Crippen molar-refractivity contribution in [2.24, 2.45) is 0 Å². The van der Waals surface area contributed by atoms with Crippen molar-refractivity contribution in [3.8, 4) is 5.75 Å². The Morgan fingerprint density at radius 1 is 1.37 bits per heavy atom. The Kier molecular flexibility index (Phi) is 2.94. The van der Waals surface area contributed by atoms with Gasteiger partial charge in [-0.05, 0) is 34.1 Å². The van der Waals surface area contributed by atoms with Crippen LogP contribution in [-0.4, -0.2) is 22.9 Å². The highest BCUT2D eigenvalue weighted by molar-refractivity contribution is 9.10. The lowest BCUT2D eigenvalue weighted by atomic mass is 10.1. The van der Waals surface area contributed by atoms with Gasteiger partial charge in [-0.2, -0.15) is 0 Å². The third kappa shape index (κ3) is 2.08. The van der Waals surface area contributed by atoms with E-state index in [2.05, 4.69) is 25.9 Å².